The molecule has 1 heterocycles. The van der Waals surface area contributed by atoms with Crippen LogP contribution in [0.3, 0.4) is 0 Å². The van der Waals surface area contributed by atoms with Gasteiger partial charge in [0.05, 0.1) is 12.7 Å². The van der Waals surface area contributed by atoms with Gasteiger partial charge >= 0.3 is 0 Å². The number of rotatable bonds is 10. The van der Waals surface area contributed by atoms with E-state index in [1.807, 2.05) is 63.2 Å². The smallest absolute Gasteiger partial charge is 0.251 e. The number of benzene rings is 3. The first-order valence-electron chi connectivity index (χ1n) is 13.4. The molecule has 3 aromatic rings. The first-order valence-corrected chi connectivity index (χ1v) is 14.8. The molecule has 9 heteroatoms. The topological polar surface area (TPSA) is 108 Å². The van der Waals surface area contributed by atoms with Gasteiger partial charge in [-0.3, -0.25) is 4.79 Å². The second kappa shape index (κ2) is 13.9. The van der Waals surface area contributed by atoms with Crippen LogP contribution < -0.4 is 10.1 Å². The van der Waals surface area contributed by atoms with Crippen LogP contribution in [0.5, 0.6) is 5.75 Å². The van der Waals surface area contributed by atoms with Gasteiger partial charge in [0.15, 0.2) is 0 Å². The van der Waals surface area contributed by atoms with Gasteiger partial charge in [-0.05, 0) is 86.3 Å². The highest BCUT2D eigenvalue weighted by Gasteiger charge is 2.44. The van der Waals surface area contributed by atoms with E-state index in [1.165, 1.54) is 11.8 Å². The van der Waals surface area contributed by atoms with Crippen molar-refractivity contribution in [1.82, 2.24) is 5.32 Å². The molecule has 40 heavy (non-hydrogen) atoms. The van der Waals surface area contributed by atoms with Gasteiger partial charge in [-0.15, -0.1) is 11.8 Å². The summed E-state index contributed by atoms with van der Waals surface area (Å²) in [6, 6.07) is 20.4. The molecule has 4 N–H and O–H groups in total. The molecule has 1 aliphatic heterocycles. The van der Waals surface area contributed by atoms with Crippen LogP contribution in [0.4, 0.5) is 0 Å². The standard InChI is InChI=1S/C31H36ClNO6S/c1-4-38-23-10-5-19(6-11-23)15-22-16-21(9-14-25(22)32)30-29(36)28(35)27(34)26(39-30)17-40-24-12-7-20(8-13-24)31(37)33-18(2)3/h5-14,16,18,26-30,34-36H,4,15,17H2,1-3H3,(H,33,37). The van der Waals surface area contributed by atoms with Gasteiger partial charge < -0.3 is 30.1 Å². The molecule has 1 aliphatic rings. The van der Waals surface area contributed by atoms with Gasteiger partial charge in [0, 0.05) is 27.3 Å². The van der Waals surface area contributed by atoms with E-state index >= 15 is 0 Å². The Morgan fingerprint density at radius 2 is 1.70 bits per heavy atom. The van der Waals surface area contributed by atoms with Crippen molar-refractivity contribution >= 4 is 29.3 Å². The van der Waals surface area contributed by atoms with Crippen molar-refractivity contribution in [3.8, 4) is 5.75 Å². The molecule has 3 aromatic carbocycles. The molecule has 1 amide bonds. The van der Waals surface area contributed by atoms with Crippen LogP contribution in [0.25, 0.3) is 0 Å². The SMILES string of the molecule is CCOc1ccc(Cc2cc(C3OC(CSc4ccc(C(=O)NC(C)C)cc4)C(O)C(O)C3O)ccc2Cl)cc1. The summed E-state index contributed by atoms with van der Waals surface area (Å²) in [5.74, 6) is 1.00. The largest absolute Gasteiger partial charge is 0.494 e. The van der Waals surface area contributed by atoms with Gasteiger partial charge in [-0.2, -0.15) is 0 Å². The Bertz CT molecular complexity index is 1270. The van der Waals surface area contributed by atoms with E-state index < -0.39 is 30.5 Å². The number of halogens is 1. The van der Waals surface area contributed by atoms with Crippen LogP contribution in [0.15, 0.2) is 71.6 Å². The van der Waals surface area contributed by atoms with Crippen molar-refractivity contribution < 1.29 is 29.6 Å². The molecule has 0 radical (unpaired) electrons. The molecule has 214 valence electrons. The third kappa shape index (κ3) is 7.57. The lowest BCUT2D eigenvalue weighted by atomic mass is 9.90. The third-order valence-electron chi connectivity index (χ3n) is 6.69. The first-order chi connectivity index (χ1) is 19.2. The fraction of sp³-hybridized carbons (Fsp3) is 0.387. The minimum absolute atomic E-state index is 0.0464. The van der Waals surface area contributed by atoms with Gasteiger partial charge in [0.2, 0.25) is 0 Å². The van der Waals surface area contributed by atoms with Gasteiger partial charge in [-0.25, -0.2) is 0 Å². The number of thioether (sulfide) groups is 1. The minimum atomic E-state index is -1.38. The average molecular weight is 586 g/mol. The number of hydrogen-bond donors (Lipinski definition) is 4. The van der Waals surface area contributed by atoms with Crippen LogP contribution in [0.1, 0.15) is 53.9 Å². The lowest BCUT2D eigenvalue weighted by molar-refractivity contribution is -0.218. The zero-order valence-electron chi connectivity index (χ0n) is 22.8. The molecule has 4 rings (SSSR count). The van der Waals surface area contributed by atoms with Crippen molar-refractivity contribution in [3.05, 3.63) is 94.0 Å². The van der Waals surface area contributed by atoms with Gasteiger partial charge in [-0.1, -0.05) is 35.9 Å². The molecule has 0 saturated carbocycles. The Hall–Kier alpha value is -2.59. The molecule has 1 saturated heterocycles. The Balaban J connectivity index is 1.45. The van der Waals surface area contributed by atoms with Crippen LogP contribution in [-0.2, 0) is 11.2 Å². The molecule has 0 bridgehead atoms. The van der Waals surface area contributed by atoms with Gasteiger partial charge in [0.25, 0.3) is 5.91 Å². The Morgan fingerprint density at radius 3 is 2.35 bits per heavy atom. The van der Waals surface area contributed by atoms with E-state index in [1.54, 1.807) is 24.3 Å². The third-order valence-corrected chi connectivity index (χ3v) is 8.16. The second-order valence-electron chi connectivity index (χ2n) is 10.1. The second-order valence-corrected chi connectivity index (χ2v) is 11.6. The summed E-state index contributed by atoms with van der Waals surface area (Å²) in [5.41, 5.74) is 3.13. The summed E-state index contributed by atoms with van der Waals surface area (Å²) in [6.45, 7) is 6.35. The summed E-state index contributed by atoms with van der Waals surface area (Å²) in [7, 11) is 0. The molecule has 1 fully saturated rings. The number of amides is 1. The lowest BCUT2D eigenvalue weighted by Crippen LogP contribution is -2.54. The van der Waals surface area contributed by atoms with Crippen molar-refractivity contribution in [1.29, 1.82) is 0 Å². The van der Waals surface area contributed by atoms with E-state index in [2.05, 4.69) is 5.32 Å². The number of hydrogen-bond acceptors (Lipinski definition) is 7. The van der Waals surface area contributed by atoms with Crippen LogP contribution >= 0.6 is 23.4 Å². The highest BCUT2D eigenvalue weighted by Crippen LogP contribution is 2.36. The highest BCUT2D eigenvalue weighted by atomic mass is 35.5. The predicted molar refractivity (Wildman–Crippen MR) is 157 cm³/mol. The Kier molecular flexibility index (Phi) is 10.5. The van der Waals surface area contributed by atoms with Crippen molar-refractivity contribution in [2.45, 2.75) is 68.6 Å². The minimum Gasteiger partial charge on any atom is -0.494 e. The van der Waals surface area contributed by atoms with E-state index in [-0.39, 0.29) is 11.9 Å². The molecule has 0 aromatic heterocycles. The lowest BCUT2D eigenvalue weighted by Gasteiger charge is -2.41. The normalized spacial score (nSPS) is 22.8. The number of aliphatic hydroxyl groups is 3. The summed E-state index contributed by atoms with van der Waals surface area (Å²) in [6.07, 6.45) is -4.96. The molecule has 0 spiro atoms. The monoisotopic (exact) mass is 585 g/mol. The van der Waals surface area contributed by atoms with Crippen molar-refractivity contribution in [3.63, 3.8) is 0 Å². The fourth-order valence-electron chi connectivity index (χ4n) is 4.59. The summed E-state index contributed by atoms with van der Waals surface area (Å²) < 4.78 is 11.7. The molecular weight excluding hydrogens is 550 g/mol. The van der Waals surface area contributed by atoms with Crippen LogP contribution in [0, 0.1) is 0 Å². The number of ether oxygens (including phenoxy) is 2. The van der Waals surface area contributed by atoms with E-state index in [0.717, 1.165) is 21.8 Å². The van der Waals surface area contributed by atoms with Gasteiger partial charge in [0.1, 0.15) is 30.2 Å². The summed E-state index contributed by atoms with van der Waals surface area (Å²) in [4.78, 5) is 13.1. The number of nitrogens with one attached hydrogen (secondary N) is 1. The maximum absolute atomic E-state index is 12.2. The average Bonchev–Trinajstić information content (AvgIpc) is 2.94. The molecule has 5 atom stereocenters. The Labute approximate surface area is 244 Å². The Morgan fingerprint density at radius 1 is 1.00 bits per heavy atom. The van der Waals surface area contributed by atoms with Crippen LogP contribution in [-0.4, -0.2) is 64.0 Å². The maximum Gasteiger partial charge on any atom is 0.251 e. The molecule has 0 aliphatic carbocycles. The highest BCUT2D eigenvalue weighted by molar-refractivity contribution is 7.99. The van der Waals surface area contributed by atoms with E-state index in [4.69, 9.17) is 21.1 Å². The van der Waals surface area contributed by atoms with E-state index in [0.29, 0.717) is 34.9 Å². The zero-order valence-corrected chi connectivity index (χ0v) is 24.4. The molecular formula is C31H36ClNO6S. The summed E-state index contributed by atoms with van der Waals surface area (Å²) in [5, 5.41) is 35.6. The quantitative estimate of drug-likeness (QED) is 0.254. The van der Waals surface area contributed by atoms with Crippen molar-refractivity contribution in [2.24, 2.45) is 0 Å². The maximum atomic E-state index is 12.2. The predicted octanol–water partition coefficient (Wildman–Crippen LogP) is 4.78. The first kappa shape index (κ1) is 30.4. The summed E-state index contributed by atoms with van der Waals surface area (Å²) >= 11 is 7.95. The molecule has 5 unspecified atom stereocenters. The fourth-order valence-corrected chi connectivity index (χ4v) is 5.73. The molecule has 7 nitrogen and oxygen atoms in total. The van der Waals surface area contributed by atoms with Crippen molar-refractivity contribution in [2.75, 3.05) is 12.4 Å². The zero-order chi connectivity index (χ0) is 28.8. The van der Waals surface area contributed by atoms with Crippen LogP contribution in [0.2, 0.25) is 5.02 Å². The van der Waals surface area contributed by atoms with E-state index in [9.17, 15) is 20.1 Å². The number of carbonyl (C=O) groups is 1. The number of aliphatic hydroxyl groups excluding tert-OH is 3. The number of carbonyl (C=O) groups excluding carboxylic acids is 1.